The maximum absolute atomic E-state index is 13.2. The highest BCUT2D eigenvalue weighted by Crippen LogP contribution is 2.47. The van der Waals surface area contributed by atoms with Crippen LogP contribution in [-0.4, -0.2) is 48.3 Å². The van der Waals surface area contributed by atoms with E-state index in [4.69, 9.17) is 5.73 Å². The number of likely N-dealkylation sites (N-methyl/N-ethyl adjacent to an activating group) is 1. The summed E-state index contributed by atoms with van der Waals surface area (Å²) in [6, 6.07) is 4.34. The van der Waals surface area contributed by atoms with E-state index >= 15 is 0 Å². The second kappa shape index (κ2) is 7.24. The van der Waals surface area contributed by atoms with Crippen LogP contribution in [0.15, 0.2) is 22.7 Å². The fourth-order valence-electron chi connectivity index (χ4n) is 4.17. The third-order valence-corrected chi connectivity index (χ3v) is 6.00. The molecule has 4 N–H and O–H groups in total. The number of rotatable bonds is 5. The van der Waals surface area contributed by atoms with E-state index in [-0.39, 0.29) is 24.8 Å². The molecule has 0 bridgehead atoms. The molecule has 0 saturated carbocycles. The van der Waals surface area contributed by atoms with Crippen LogP contribution in [0.25, 0.3) is 0 Å². The summed E-state index contributed by atoms with van der Waals surface area (Å²) in [6.45, 7) is 4.22. The van der Waals surface area contributed by atoms with Gasteiger partial charge in [-0.2, -0.15) is 0 Å². The summed E-state index contributed by atoms with van der Waals surface area (Å²) in [5.41, 5.74) is 6.19. The fraction of sp³-hybridized carbons (Fsp3) is 0.526. The maximum atomic E-state index is 13.2. The summed E-state index contributed by atoms with van der Waals surface area (Å²) >= 11 is 3.41. The Morgan fingerprint density at radius 1 is 1.44 bits per heavy atom. The summed E-state index contributed by atoms with van der Waals surface area (Å²) < 4.78 is 0.850. The van der Waals surface area contributed by atoms with E-state index in [2.05, 4.69) is 26.6 Å². The molecule has 8 heteroatoms. The standard InChI is InChI=1S/C19H25BrN4O3/c1-10(2)6-14(22-3)17(26)24-9-19(8-15(24)16(21)25)12-5-4-11(20)7-13(12)23-18(19)27/h4-5,7,10,14-15,22H,6,8-9H2,1-3H3,(H2,21,25)(H,23,27)/t14?,15-,19-/m0/s1. The predicted octanol–water partition coefficient (Wildman–Crippen LogP) is 1.36. The van der Waals surface area contributed by atoms with Gasteiger partial charge < -0.3 is 21.3 Å². The van der Waals surface area contributed by atoms with Gasteiger partial charge in [0, 0.05) is 16.7 Å². The van der Waals surface area contributed by atoms with E-state index in [9.17, 15) is 14.4 Å². The molecular formula is C19H25BrN4O3. The second-order valence-electron chi connectivity index (χ2n) is 7.79. The lowest BCUT2D eigenvalue weighted by Gasteiger charge is -2.28. The van der Waals surface area contributed by atoms with Crippen molar-refractivity contribution in [3.63, 3.8) is 0 Å². The number of primary amides is 1. The summed E-state index contributed by atoms with van der Waals surface area (Å²) in [5, 5.41) is 5.93. The normalized spacial score (nSPS) is 25.0. The molecule has 27 heavy (non-hydrogen) atoms. The van der Waals surface area contributed by atoms with Crippen molar-refractivity contribution in [1.29, 1.82) is 0 Å². The van der Waals surface area contributed by atoms with Gasteiger partial charge >= 0.3 is 0 Å². The molecule has 1 aromatic rings. The van der Waals surface area contributed by atoms with E-state index in [1.165, 1.54) is 4.90 Å². The van der Waals surface area contributed by atoms with Crippen molar-refractivity contribution in [2.24, 2.45) is 11.7 Å². The number of benzene rings is 1. The first kappa shape index (κ1) is 19.8. The smallest absolute Gasteiger partial charge is 0.240 e. The van der Waals surface area contributed by atoms with Gasteiger partial charge in [-0.1, -0.05) is 35.8 Å². The average molecular weight is 437 g/mol. The monoisotopic (exact) mass is 436 g/mol. The lowest BCUT2D eigenvalue weighted by molar-refractivity contribution is -0.139. The number of halogens is 1. The Bertz CT molecular complexity index is 797. The van der Waals surface area contributed by atoms with Gasteiger partial charge in [0.2, 0.25) is 17.7 Å². The molecule has 3 atom stereocenters. The van der Waals surface area contributed by atoms with E-state index < -0.39 is 23.4 Å². The molecule has 3 amide bonds. The molecule has 2 heterocycles. The number of nitrogens with two attached hydrogens (primary N) is 1. The van der Waals surface area contributed by atoms with Crippen molar-refractivity contribution in [1.82, 2.24) is 10.2 Å². The van der Waals surface area contributed by atoms with E-state index in [1.807, 2.05) is 32.0 Å². The van der Waals surface area contributed by atoms with Gasteiger partial charge in [0.25, 0.3) is 0 Å². The quantitative estimate of drug-likeness (QED) is 0.647. The number of nitrogens with zero attached hydrogens (tertiary/aromatic N) is 1. The molecule has 0 radical (unpaired) electrons. The molecule has 2 aliphatic rings. The zero-order chi connectivity index (χ0) is 19.9. The zero-order valence-electron chi connectivity index (χ0n) is 15.7. The highest BCUT2D eigenvalue weighted by molar-refractivity contribution is 9.10. The van der Waals surface area contributed by atoms with Gasteiger partial charge in [0.05, 0.1) is 11.5 Å². The molecule has 3 rings (SSSR count). The summed E-state index contributed by atoms with van der Waals surface area (Å²) in [7, 11) is 1.73. The first-order valence-electron chi connectivity index (χ1n) is 9.08. The Labute approximate surface area is 167 Å². The van der Waals surface area contributed by atoms with Crippen LogP contribution in [0.4, 0.5) is 5.69 Å². The molecule has 1 saturated heterocycles. The predicted molar refractivity (Wildman–Crippen MR) is 106 cm³/mol. The summed E-state index contributed by atoms with van der Waals surface area (Å²) in [4.78, 5) is 39.7. The summed E-state index contributed by atoms with van der Waals surface area (Å²) in [6.07, 6.45) is 0.840. The number of fused-ring (bicyclic) bond motifs is 2. The van der Waals surface area contributed by atoms with E-state index in [0.717, 1.165) is 10.0 Å². The Morgan fingerprint density at radius 3 is 2.74 bits per heavy atom. The van der Waals surface area contributed by atoms with Gasteiger partial charge in [-0.05, 0) is 43.5 Å². The Hall–Kier alpha value is -1.93. The Morgan fingerprint density at radius 2 is 2.15 bits per heavy atom. The average Bonchev–Trinajstić information content (AvgIpc) is 3.12. The molecule has 1 aromatic carbocycles. The van der Waals surface area contributed by atoms with Crippen LogP contribution < -0.4 is 16.4 Å². The van der Waals surface area contributed by atoms with Crippen LogP contribution in [0.3, 0.4) is 0 Å². The highest BCUT2D eigenvalue weighted by atomic mass is 79.9. The van der Waals surface area contributed by atoms with E-state index in [0.29, 0.717) is 18.0 Å². The Balaban J connectivity index is 1.98. The van der Waals surface area contributed by atoms with Crippen LogP contribution in [0.5, 0.6) is 0 Å². The maximum Gasteiger partial charge on any atom is 0.240 e. The zero-order valence-corrected chi connectivity index (χ0v) is 17.3. The lowest BCUT2D eigenvalue weighted by Crippen LogP contribution is -2.51. The number of nitrogens with one attached hydrogen (secondary N) is 2. The van der Waals surface area contributed by atoms with Crippen LogP contribution >= 0.6 is 15.9 Å². The molecule has 146 valence electrons. The number of carbonyl (C=O) groups excluding carboxylic acids is 3. The molecule has 2 aliphatic heterocycles. The molecule has 0 aromatic heterocycles. The van der Waals surface area contributed by atoms with Crippen molar-refractivity contribution in [2.75, 3.05) is 18.9 Å². The van der Waals surface area contributed by atoms with E-state index in [1.54, 1.807) is 7.05 Å². The second-order valence-corrected chi connectivity index (χ2v) is 8.70. The topological polar surface area (TPSA) is 105 Å². The van der Waals surface area contributed by atoms with Gasteiger partial charge in [-0.15, -0.1) is 0 Å². The van der Waals surface area contributed by atoms with Crippen molar-refractivity contribution in [3.05, 3.63) is 28.2 Å². The first-order chi connectivity index (χ1) is 12.7. The van der Waals surface area contributed by atoms with Gasteiger partial charge in [-0.3, -0.25) is 14.4 Å². The lowest BCUT2D eigenvalue weighted by atomic mass is 9.79. The minimum absolute atomic E-state index is 0.149. The van der Waals surface area contributed by atoms with Crippen molar-refractivity contribution >= 4 is 39.3 Å². The third kappa shape index (κ3) is 3.36. The highest BCUT2D eigenvalue weighted by Gasteiger charge is 2.57. The largest absolute Gasteiger partial charge is 0.368 e. The van der Waals surface area contributed by atoms with Crippen LogP contribution in [-0.2, 0) is 19.8 Å². The number of hydrogen-bond donors (Lipinski definition) is 3. The third-order valence-electron chi connectivity index (χ3n) is 5.50. The number of amides is 3. The van der Waals surface area contributed by atoms with Crippen molar-refractivity contribution in [2.45, 2.75) is 44.2 Å². The van der Waals surface area contributed by atoms with Gasteiger partial charge in [0.15, 0.2) is 0 Å². The Kier molecular flexibility index (Phi) is 5.31. The first-order valence-corrected chi connectivity index (χ1v) is 9.87. The molecular weight excluding hydrogens is 412 g/mol. The van der Waals surface area contributed by atoms with Crippen LogP contribution in [0, 0.1) is 5.92 Å². The van der Waals surface area contributed by atoms with Crippen LogP contribution in [0.1, 0.15) is 32.3 Å². The molecule has 1 spiro atoms. The number of carbonyl (C=O) groups is 3. The fourth-order valence-corrected chi connectivity index (χ4v) is 4.53. The van der Waals surface area contributed by atoms with Gasteiger partial charge in [0.1, 0.15) is 6.04 Å². The minimum Gasteiger partial charge on any atom is -0.368 e. The van der Waals surface area contributed by atoms with Crippen molar-refractivity contribution < 1.29 is 14.4 Å². The number of hydrogen-bond acceptors (Lipinski definition) is 4. The number of likely N-dealkylation sites (tertiary alicyclic amines) is 1. The molecule has 7 nitrogen and oxygen atoms in total. The number of anilines is 1. The van der Waals surface area contributed by atoms with Crippen LogP contribution in [0.2, 0.25) is 0 Å². The van der Waals surface area contributed by atoms with Gasteiger partial charge in [-0.25, -0.2) is 0 Å². The minimum atomic E-state index is -0.943. The molecule has 1 fully saturated rings. The van der Waals surface area contributed by atoms with Crippen molar-refractivity contribution in [3.8, 4) is 0 Å². The molecule has 0 aliphatic carbocycles. The SMILES string of the molecule is CNC(CC(C)C)C(=O)N1C[C@]2(C[C@H]1C(N)=O)C(=O)Nc1cc(Br)ccc12. The molecule has 1 unspecified atom stereocenters. The summed E-state index contributed by atoms with van der Waals surface area (Å²) in [5.74, 6) is -0.659.